The maximum absolute atomic E-state index is 9.90. The third-order valence-electron chi connectivity index (χ3n) is 4.06. The smallest absolute Gasteiger partial charge is 0.123 e. The summed E-state index contributed by atoms with van der Waals surface area (Å²) in [4.78, 5) is 1.30. The zero-order valence-electron chi connectivity index (χ0n) is 11.1. The Labute approximate surface area is 119 Å². The Kier molecular flexibility index (Phi) is 3.97. The molecule has 100 valence electrons. The highest BCUT2D eigenvalue weighted by Gasteiger charge is 2.14. The molecule has 2 aromatic rings. The van der Waals surface area contributed by atoms with Crippen molar-refractivity contribution >= 4 is 22.5 Å². The van der Waals surface area contributed by atoms with Gasteiger partial charge in [-0.25, -0.2) is 0 Å². The van der Waals surface area contributed by atoms with E-state index in [1.165, 1.54) is 48.1 Å². The largest absolute Gasteiger partial charge is 0.507 e. The van der Waals surface area contributed by atoms with Crippen molar-refractivity contribution in [2.75, 3.05) is 5.75 Å². The van der Waals surface area contributed by atoms with Crippen molar-refractivity contribution in [2.24, 2.45) is 5.92 Å². The highest BCUT2D eigenvalue weighted by atomic mass is 32.2. The van der Waals surface area contributed by atoms with Crippen LogP contribution in [0.15, 0.2) is 41.3 Å². The first-order valence-electron chi connectivity index (χ1n) is 7.18. The van der Waals surface area contributed by atoms with Gasteiger partial charge in [0.2, 0.25) is 0 Å². The first-order valence-corrected chi connectivity index (χ1v) is 8.16. The Morgan fingerprint density at radius 2 is 1.68 bits per heavy atom. The van der Waals surface area contributed by atoms with Crippen LogP contribution in [0.1, 0.15) is 32.1 Å². The summed E-state index contributed by atoms with van der Waals surface area (Å²) in [6.45, 7) is 0. The number of phenols is 1. The zero-order chi connectivity index (χ0) is 13.1. The number of rotatable bonds is 3. The second kappa shape index (κ2) is 5.87. The number of benzene rings is 2. The second-order valence-corrected chi connectivity index (χ2v) is 6.51. The molecule has 1 aliphatic rings. The van der Waals surface area contributed by atoms with Crippen molar-refractivity contribution in [2.45, 2.75) is 37.0 Å². The molecule has 1 N–H and O–H groups in total. The Bertz CT molecular complexity index is 558. The average molecular weight is 272 g/mol. The van der Waals surface area contributed by atoms with Gasteiger partial charge in [0, 0.05) is 16.0 Å². The van der Waals surface area contributed by atoms with Gasteiger partial charge in [0.15, 0.2) is 0 Å². The van der Waals surface area contributed by atoms with Crippen molar-refractivity contribution in [3.63, 3.8) is 0 Å². The maximum Gasteiger partial charge on any atom is 0.123 e. The summed E-state index contributed by atoms with van der Waals surface area (Å²) < 4.78 is 0. The Morgan fingerprint density at radius 1 is 0.947 bits per heavy atom. The van der Waals surface area contributed by atoms with E-state index >= 15 is 0 Å². The summed E-state index contributed by atoms with van der Waals surface area (Å²) in [5.41, 5.74) is 0. The fourth-order valence-corrected chi connectivity index (χ4v) is 4.19. The first kappa shape index (κ1) is 12.9. The summed E-state index contributed by atoms with van der Waals surface area (Å²) >= 11 is 1.95. The van der Waals surface area contributed by atoms with E-state index in [2.05, 4.69) is 12.1 Å². The van der Waals surface area contributed by atoms with Crippen molar-refractivity contribution in [1.29, 1.82) is 0 Å². The van der Waals surface area contributed by atoms with Crippen LogP contribution in [0.25, 0.3) is 10.8 Å². The number of phenolic OH excluding ortho intramolecular Hbond substituents is 1. The van der Waals surface area contributed by atoms with Gasteiger partial charge in [0.1, 0.15) is 5.75 Å². The quantitative estimate of drug-likeness (QED) is 0.773. The lowest BCUT2D eigenvalue weighted by atomic mass is 9.91. The van der Waals surface area contributed by atoms with Gasteiger partial charge >= 0.3 is 0 Å². The molecule has 0 aliphatic heterocycles. The molecule has 0 radical (unpaired) electrons. The van der Waals surface area contributed by atoms with Crippen LogP contribution in [0.5, 0.6) is 5.75 Å². The predicted octanol–water partition coefficient (Wildman–Crippen LogP) is 5.22. The molecule has 0 saturated heterocycles. The van der Waals surface area contributed by atoms with E-state index in [4.69, 9.17) is 0 Å². The van der Waals surface area contributed by atoms with Crippen LogP contribution in [0.2, 0.25) is 0 Å². The molecule has 1 aliphatic carbocycles. The van der Waals surface area contributed by atoms with E-state index < -0.39 is 0 Å². The average Bonchev–Trinajstić information content (AvgIpc) is 2.48. The molecule has 0 aromatic heterocycles. The van der Waals surface area contributed by atoms with Gasteiger partial charge in [-0.1, -0.05) is 43.5 Å². The van der Waals surface area contributed by atoms with Crippen LogP contribution in [0.3, 0.4) is 0 Å². The number of hydrogen-bond donors (Lipinski definition) is 1. The minimum atomic E-state index is 0.387. The molecule has 1 fully saturated rings. The molecule has 0 heterocycles. The Balaban J connectivity index is 1.79. The van der Waals surface area contributed by atoms with Gasteiger partial charge in [-0.05, 0) is 36.3 Å². The number of hydrogen-bond acceptors (Lipinski definition) is 2. The van der Waals surface area contributed by atoms with Crippen molar-refractivity contribution in [3.8, 4) is 5.75 Å². The molecule has 0 amide bonds. The summed E-state index contributed by atoms with van der Waals surface area (Å²) in [7, 11) is 0. The summed E-state index contributed by atoms with van der Waals surface area (Å²) in [6.07, 6.45) is 7.01. The Morgan fingerprint density at radius 3 is 2.47 bits per heavy atom. The van der Waals surface area contributed by atoms with Crippen LogP contribution in [0, 0.1) is 5.92 Å². The molecule has 19 heavy (non-hydrogen) atoms. The lowest BCUT2D eigenvalue weighted by Gasteiger charge is -2.21. The third-order valence-corrected chi connectivity index (χ3v) is 5.37. The van der Waals surface area contributed by atoms with Gasteiger partial charge < -0.3 is 5.11 Å². The molecule has 0 spiro atoms. The van der Waals surface area contributed by atoms with Crippen LogP contribution >= 0.6 is 11.8 Å². The minimum absolute atomic E-state index is 0.387. The molecule has 0 unspecified atom stereocenters. The molecule has 0 atom stereocenters. The monoisotopic (exact) mass is 272 g/mol. The first-order chi connectivity index (χ1) is 9.34. The van der Waals surface area contributed by atoms with E-state index in [1.807, 2.05) is 36.0 Å². The molecular formula is C17H20OS. The zero-order valence-corrected chi connectivity index (χ0v) is 12.0. The fraction of sp³-hybridized carbons (Fsp3) is 0.412. The maximum atomic E-state index is 9.90. The predicted molar refractivity (Wildman–Crippen MR) is 82.9 cm³/mol. The van der Waals surface area contributed by atoms with Gasteiger partial charge in [-0.3, -0.25) is 0 Å². The van der Waals surface area contributed by atoms with Gasteiger partial charge in [0.25, 0.3) is 0 Å². The normalized spacial score (nSPS) is 16.8. The number of fused-ring (bicyclic) bond motifs is 1. The molecule has 2 heteroatoms. The van der Waals surface area contributed by atoms with Crippen molar-refractivity contribution < 1.29 is 5.11 Å². The van der Waals surface area contributed by atoms with E-state index in [-0.39, 0.29) is 0 Å². The molecule has 1 saturated carbocycles. The van der Waals surface area contributed by atoms with E-state index in [0.717, 1.165) is 11.3 Å². The van der Waals surface area contributed by atoms with Crippen molar-refractivity contribution in [3.05, 3.63) is 36.4 Å². The van der Waals surface area contributed by atoms with Crippen LogP contribution in [-0.4, -0.2) is 10.9 Å². The molecule has 2 aromatic carbocycles. The van der Waals surface area contributed by atoms with E-state index in [0.29, 0.717) is 5.75 Å². The highest BCUT2D eigenvalue weighted by molar-refractivity contribution is 7.99. The van der Waals surface area contributed by atoms with Crippen LogP contribution in [0.4, 0.5) is 0 Å². The standard InChI is InChI=1S/C17H20OS/c18-16-10-11-17(15-9-5-4-8-14(15)16)19-12-13-6-2-1-3-7-13/h4-5,8-11,13,18H,1-3,6-7,12H2. The molecule has 3 rings (SSSR count). The van der Waals surface area contributed by atoms with Crippen LogP contribution < -0.4 is 0 Å². The van der Waals surface area contributed by atoms with Crippen LogP contribution in [-0.2, 0) is 0 Å². The van der Waals surface area contributed by atoms with Gasteiger partial charge in [0.05, 0.1) is 0 Å². The topological polar surface area (TPSA) is 20.2 Å². The second-order valence-electron chi connectivity index (χ2n) is 5.44. The van der Waals surface area contributed by atoms with E-state index in [1.54, 1.807) is 0 Å². The third kappa shape index (κ3) is 2.89. The molecule has 1 nitrogen and oxygen atoms in total. The number of aromatic hydroxyl groups is 1. The summed E-state index contributed by atoms with van der Waals surface area (Å²) in [6, 6.07) is 12.0. The van der Waals surface area contributed by atoms with E-state index in [9.17, 15) is 5.11 Å². The minimum Gasteiger partial charge on any atom is -0.507 e. The summed E-state index contributed by atoms with van der Waals surface area (Å²) in [5.74, 6) is 2.48. The van der Waals surface area contributed by atoms with Gasteiger partial charge in [-0.15, -0.1) is 11.8 Å². The fourth-order valence-electron chi connectivity index (χ4n) is 2.94. The lowest BCUT2D eigenvalue weighted by Crippen LogP contribution is -2.08. The number of thioether (sulfide) groups is 1. The highest BCUT2D eigenvalue weighted by Crippen LogP contribution is 2.36. The molecular weight excluding hydrogens is 252 g/mol. The molecule has 0 bridgehead atoms. The van der Waals surface area contributed by atoms with Crippen molar-refractivity contribution in [1.82, 2.24) is 0 Å². The van der Waals surface area contributed by atoms with Gasteiger partial charge in [-0.2, -0.15) is 0 Å². The Hall–Kier alpha value is -1.15. The lowest BCUT2D eigenvalue weighted by molar-refractivity contribution is 0.391. The summed E-state index contributed by atoms with van der Waals surface area (Å²) in [5, 5.41) is 12.1. The SMILES string of the molecule is Oc1ccc(SCC2CCCCC2)c2ccccc12.